The van der Waals surface area contributed by atoms with Gasteiger partial charge in [-0.15, -0.1) is 0 Å². The average molecular weight is 277 g/mol. The normalized spacial score (nSPS) is 18.8. The van der Waals surface area contributed by atoms with Crippen LogP contribution >= 0.6 is 0 Å². The first-order chi connectivity index (χ1) is 9.44. The number of morpholine rings is 1. The van der Waals surface area contributed by atoms with Crippen molar-refractivity contribution >= 4 is 5.84 Å². The molecule has 3 N–H and O–H groups in total. The molecule has 20 heavy (non-hydrogen) atoms. The Labute approximate surface area is 120 Å². The highest BCUT2D eigenvalue weighted by Gasteiger charge is 2.30. The van der Waals surface area contributed by atoms with Gasteiger partial charge in [-0.3, -0.25) is 10.3 Å². The molecule has 2 rings (SSSR count). The lowest BCUT2D eigenvalue weighted by Crippen LogP contribution is -2.52. The summed E-state index contributed by atoms with van der Waals surface area (Å²) in [7, 11) is 1.60. The zero-order valence-electron chi connectivity index (χ0n) is 12.4. The van der Waals surface area contributed by atoms with E-state index in [0.29, 0.717) is 11.3 Å². The molecule has 110 valence electrons. The van der Waals surface area contributed by atoms with Crippen LogP contribution in [-0.2, 0) is 11.3 Å². The van der Waals surface area contributed by atoms with Crippen molar-refractivity contribution in [1.82, 2.24) is 4.90 Å². The highest BCUT2D eigenvalue weighted by molar-refractivity contribution is 5.97. The van der Waals surface area contributed by atoms with E-state index in [0.717, 1.165) is 31.9 Å². The van der Waals surface area contributed by atoms with Gasteiger partial charge in [0.1, 0.15) is 11.6 Å². The molecule has 0 radical (unpaired) electrons. The molecule has 1 aliphatic heterocycles. The number of methoxy groups -OCH3 is 1. The second kappa shape index (κ2) is 5.81. The zero-order valence-corrected chi connectivity index (χ0v) is 12.4. The lowest BCUT2D eigenvalue weighted by molar-refractivity contribution is -0.0552. The first-order valence-electron chi connectivity index (χ1n) is 6.78. The molecule has 0 aliphatic carbocycles. The molecule has 0 bridgehead atoms. The maximum Gasteiger partial charge on any atom is 0.130 e. The molecule has 0 saturated carbocycles. The van der Waals surface area contributed by atoms with E-state index in [2.05, 4.69) is 18.7 Å². The third-order valence-electron chi connectivity index (χ3n) is 3.75. The standard InChI is InChI=1S/C15H23N3O2/c1-15(2)10-20-7-6-18(15)9-11-4-5-12(14(16)17)13(8-11)19-3/h4-5,8H,6-7,9-10H2,1-3H3,(H3,16,17). The van der Waals surface area contributed by atoms with Gasteiger partial charge in [0.25, 0.3) is 0 Å². The second-order valence-electron chi connectivity index (χ2n) is 5.73. The number of nitrogens with one attached hydrogen (secondary N) is 1. The fourth-order valence-corrected chi connectivity index (χ4v) is 2.46. The van der Waals surface area contributed by atoms with Crippen LogP contribution < -0.4 is 10.5 Å². The van der Waals surface area contributed by atoms with Crippen LogP contribution in [0.2, 0.25) is 0 Å². The van der Waals surface area contributed by atoms with Gasteiger partial charge < -0.3 is 15.2 Å². The summed E-state index contributed by atoms with van der Waals surface area (Å²) in [6.07, 6.45) is 0. The second-order valence-corrected chi connectivity index (χ2v) is 5.73. The minimum atomic E-state index is 0.0279. The van der Waals surface area contributed by atoms with Gasteiger partial charge in [-0.1, -0.05) is 6.07 Å². The molecule has 1 saturated heterocycles. The zero-order chi connectivity index (χ0) is 14.8. The number of nitrogens with two attached hydrogens (primary N) is 1. The van der Waals surface area contributed by atoms with Gasteiger partial charge in [-0.25, -0.2) is 0 Å². The van der Waals surface area contributed by atoms with E-state index in [-0.39, 0.29) is 11.4 Å². The molecular weight excluding hydrogens is 254 g/mol. The summed E-state index contributed by atoms with van der Waals surface area (Å²) in [5.41, 5.74) is 7.37. The Morgan fingerprint density at radius 1 is 1.50 bits per heavy atom. The van der Waals surface area contributed by atoms with Gasteiger partial charge in [0.05, 0.1) is 25.9 Å². The van der Waals surface area contributed by atoms with Gasteiger partial charge >= 0.3 is 0 Å². The van der Waals surface area contributed by atoms with Crippen LogP contribution in [0.5, 0.6) is 5.75 Å². The molecule has 1 aliphatic rings. The summed E-state index contributed by atoms with van der Waals surface area (Å²) in [5.74, 6) is 0.682. The molecule has 0 atom stereocenters. The van der Waals surface area contributed by atoms with Crippen LogP contribution in [0.4, 0.5) is 0 Å². The van der Waals surface area contributed by atoms with E-state index in [9.17, 15) is 0 Å². The predicted molar refractivity (Wildman–Crippen MR) is 79.3 cm³/mol. The first kappa shape index (κ1) is 14.8. The molecule has 5 nitrogen and oxygen atoms in total. The van der Waals surface area contributed by atoms with Crippen molar-refractivity contribution in [2.24, 2.45) is 5.73 Å². The van der Waals surface area contributed by atoms with E-state index < -0.39 is 0 Å². The van der Waals surface area contributed by atoms with Crippen LogP contribution in [0.25, 0.3) is 0 Å². The lowest BCUT2D eigenvalue weighted by atomic mass is 10.0. The van der Waals surface area contributed by atoms with Crippen LogP contribution in [0.3, 0.4) is 0 Å². The molecule has 0 unspecified atom stereocenters. The lowest BCUT2D eigenvalue weighted by Gasteiger charge is -2.42. The van der Waals surface area contributed by atoms with Crippen LogP contribution in [-0.4, -0.2) is 43.1 Å². The highest BCUT2D eigenvalue weighted by atomic mass is 16.5. The Morgan fingerprint density at radius 3 is 2.85 bits per heavy atom. The number of rotatable bonds is 4. The molecule has 0 amide bonds. The molecule has 1 fully saturated rings. The van der Waals surface area contributed by atoms with Crippen molar-refractivity contribution in [3.05, 3.63) is 29.3 Å². The Bertz CT molecular complexity index is 500. The van der Waals surface area contributed by atoms with Crippen LogP contribution in [0.15, 0.2) is 18.2 Å². The summed E-state index contributed by atoms with van der Waals surface area (Å²) in [6.45, 7) is 7.65. The van der Waals surface area contributed by atoms with Crippen molar-refractivity contribution in [2.75, 3.05) is 26.9 Å². The molecular formula is C15H23N3O2. The third kappa shape index (κ3) is 3.11. The highest BCUT2D eigenvalue weighted by Crippen LogP contribution is 2.25. The number of amidine groups is 1. The minimum absolute atomic E-state index is 0.0279. The SMILES string of the molecule is COc1cc(CN2CCOCC2(C)C)ccc1C(=N)N. The predicted octanol–water partition coefficient (Wildman–Crippen LogP) is 1.59. The molecule has 0 aromatic heterocycles. The fourth-order valence-electron chi connectivity index (χ4n) is 2.46. The maximum atomic E-state index is 7.54. The minimum Gasteiger partial charge on any atom is -0.496 e. The third-order valence-corrected chi connectivity index (χ3v) is 3.75. The molecule has 1 aromatic rings. The fraction of sp³-hybridized carbons (Fsp3) is 0.533. The van der Waals surface area contributed by atoms with Crippen molar-refractivity contribution in [3.8, 4) is 5.75 Å². The van der Waals surface area contributed by atoms with Gasteiger partial charge in [0.2, 0.25) is 0 Å². The van der Waals surface area contributed by atoms with E-state index in [1.54, 1.807) is 7.11 Å². The summed E-state index contributed by atoms with van der Waals surface area (Å²) >= 11 is 0. The number of benzene rings is 1. The van der Waals surface area contributed by atoms with E-state index in [4.69, 9.17) is 20.6 Å². The average Bonchev–Trinajstić information content (AvgIpc) is 2.40. The van der Waals surface area contributed by atoms with Gasteiger partial charge in [-0.2, -0.15) is 0 Å². The largest absolute Gasteiger partial charge is 0.496 e. The maximum absolute atomic E-state index is 7.54. The summed E-state index contributed by atoms with van der Waals surface area (Å²) < 4.78 is 10.9. The van der Waals surface area contributed by atoms with Crippen molar-refractivity contribution < 1.29 is 9.47 Å². The Kier molecular flexibility index (Phi) is 4.30. The molecule has 5 heteroatoms. The number of hydrogen-bond donors (Lipinski definition) is 2. The number of hydrogen-bond acceptors (Lipinski definition) is 4. The quantitative estimate of drug-likeness (QED) is 0.647. The van der Waals surface area contributed by atoms with Crippen LogP contribution in [0.1, 0.15) is 25.0 Å². The number of nitrogen functional groups attached to an aromatic ring is 1. The Morgan fingerprint density at radius 2 is 2.25 bits per heavy atom. The number of ether oxygens (including phenoxy) is 2. The van der Waals surface area contributed by atoms with Crippen molar-refractivity contribution in [1.29, 1.82) is 5.41 Å². The monoisotopic (exact) mass is 277 g/mol. The van der Waals surface area contributed by atoms with Gasteiger partial charge in [-0.05, 0) is 31.5 Å². The van der Waals surface area contributed by atoms with E-state index in [1.165, 1.54) is 0 Å². The summed E-state index contributed by atoms with van der Waals surface area (Å²) in [6, 6.07) is 5.82. The van der Waals surface area contributed by atoms with Crippen molar-refractivity contribution in [2.45, 2.75) is 25.9 Å². The first-order valence-corrected chi connectivity index (χ1v) is 6.78. The van der Waals surface area contributed by atoms with Gasteiger partial charge in [0, 0.05) is 18.6 Å². The van der Waals surface area contributed by atoms with E-state index in [1.807, 2.05) is 18.2 Å². The topological polar surface area (TPSA) is 71.6 Å². The van der Waals surface area contributed by atoms with Gasteiger partial charge in [0.15, 0.2) is 0 Å². The Balaban J connectivity index is 2.19. The van der Waals surface area contributed by atoms with E-state index >= 15 is 0 Å². The molecule has 0 spiro atoms. The van der Waals surface area contributed by atoms with Crippen molar-refractivity contribution in [3.63, 3.8) is 0 Å². The molecule has 1 heterocycles. The smallest absolute Gasteiger partial charge is 0.130 e. The Hall–Kier alpha value is -1.59. The van der Waals surface area contributed by atoms with Crippen LogP contribution in [0, 0.1) is 5.41 Å². The molecule has 1 aromatic carbocycles. The summed E-state index contributed by atoms with van der Waals surface area (Å²) in [5, 5.41) is 7.54. The summed E-state index contributed by atoms with van der Waals surface area (Å²) in [4.78, 5) is 2.40. The number of nitrogens with zero attached hydrogens (tertiary/aromatic N) is 1.